The minimum Gasteiger partial charge on any atom is -0.493 e. The Balaban J connectivity index is 2.15. The summed E-state index contributed by atoms with van der Waals surface area (Å²) in [5.41, 5.74) is 0.112. The molecule has 0 fully saturated rings. The van der Waals surface area contributed by atoms with E-state index in [0.29, 0.717) is 12.3 Å². The van der Waals surface area contributed by atoms with Crippen LogP contribution in [-0.2, 0) is 0 Å². The molecule has 110 valence electrons. The van der Waals surface area contributed by atoms with Crippen LogP contribution in [0.4, 0.5) is 20.2 Å². The second kappa shape index (κ2) is 7.47. The van der Waals surface area contributed by atoms with Crippen molar-refractivity contribution in [2.75, 3.05) is 6.61 Å². The van der Waals surface area contributed by atoms with Gasteiger partial charge < -0.3 is 4.74 Å². The number of hydrogen-bond donors (Lipinski definition) is 0. The van der Waals surface area contributed by atoms with Crippen LogP contribution < -0.4 is 4.74 Å². The molecule has 0 saturated heterocycles. The van der Waals surface area contributed by atoms with Crippen LogP contribution in [0.25, 0.3) is 0 Å². The van der Waals surface area contributed by atoms with Crippen molar-refractivity contribution >= 4 is 11.4 Å². The first-order chi connectivity index (χ1) is 10.2. The number of ether oxygens (including phenoxy) is 1. The number of rotatable bonds is 6. The molecule has 3 nitrogen and oxygen atoms in total. The van der Waals surface area contributed by atoms with Crippen molar-refractivity contribution in [3.63, 3.8) is 0 Å². The molecule has 0 N–H and O–H groups in total. The van der Waals surface area contributed by atoms with Gasteiger partial charge in [-0.1, -0.05) is 31.5 Å². The van der Waals surface area contributed by atoms with Gasteiger partial charge in [0.25, 0.3) is 0 Å². The van der Waals surface area contributed by atoms with Gasteiger partial charge in [0, 0.05) is 12.1 Å². The Hall–Kier alpha value is -2.30. The third-order valence-electron chi connectivity index (χ3n) is 2.78. The average molecular weight is 290 g/mol. The summed E-state index contributed by atoms with van der Waals surface area (Å²) in [5, 5.41) is 7.44. The van der Waals surface area contributed by atoms with Gasteiger partial charge in [0.05, 0.1) is 12.3 Å². The van der Waals surface area contributed by atoms with Gasteiger partial charge in [-0.2, -0.15) is 5.11 Å². The van der Waals surface area contributed by atoms with Crippen molar-refractivity contribution in [3.05, 3.63) is 54.1 Å². The normalized spacial score (nSPS) is 11.0. The fourth-order valence-corrected chi connectivity index (χ4v) is 1.66. The van der Waals surface area contributed by atoms with Crippen LogP contribution in [-0.4, -0.2) is 6.61 Å². The van der Waals surface area contributed by atoms with Crippen LogP contribution in [0.5, 0.6) is 5.75 Å². The first-order valence-corrected chi connectivity index (χ1v) is 6.79. The maximum atomic E-state index is 13.8. The van der Waals surface area contributed by atoms with Crippen LogP contribution in [0.1, 0.15) is 19.8 Å². The third kappa shape index (κ3) is 4.34. The maximum absolute atomic E-state index is 13.8. The van der Waals surface area contributed by atoms with E-state index in [1.807, 2.05) is 13.0 Å². The van der Waals surface area contributed by atoms with Crippen molar-refractivity contribution in [2.24, 2.45) is 10.2 Å². The van der Waals surface area contributed by atoms with E-state index in [2.05, 4.69) is 10.2 Å². The summed E-state index contributed by atoms with van der Waals surface area (Å²) >= 11 is 0. The Labute approximate surface area is 122 Å². The van der Waals surface area contributed by atoms with Gasteiger partial charge in [-0.3, -0.25) is 0 Å². The fraction of sp³-hybridized carbons (Fsp3) is 0.250. The zero-order valence-corrected chi connectivity index (χ0v) is 11.7. The van der Waals surface area contributed by atoms with Crippen LogP contribution in [0, 0.1) is 11.6 Å². The van der Waals surface area contributed by atoms with E-state index in [1.54, 1.807) is 24.3 Å². The predicted molar refractivity (Wildman–Crippen MR) is 77.4 cm³/mol. The second-order valence-corrected chi connectivity index (χ2v) is 4.47. The van der Waals surface area contributed by atoms with Crippen molar-refractivity contribution in [1.82, 2.24) is 0 Å². The van der Waals surface area contributed by atoms with Gasteiger partial charge in [-0.25, -0.2) is 8.78 Å². The van der Waals surface area contributed by atoms with Crippen LogP contribution >= 0.6 is 0 Å². The number of unbranched alkanes of at least 4 members (excludes halogenated alkanes) is 1. The van der Waals surface area contributed by atoms with Gasteiger partial charge in [-0.15, -0.1) is 5.11 Å². The van der Waals surface area contributed by atoms with Crippen molar-refractivity contribution in [3.8, 4) is 5.75 Å². The molecule has 21 heavy (non-hydrogen) atoms. The molecule has 2 aromatic rings. The number of azo groups is 1. The fourth-order valence-electron chi connectivity index (χ4n) is 1.66. The molecule has 0 aliphatic rings. The minimum absolute atomic E-state index is 0.164. The number of hydrogen-bond acceptors (Lipinski definition) is 3. The van der Waals surface area contributed by atoms with Gasteiger partial charge in [0.1, 0.15) is 5.75 Å². The molecular weight excluding hydrogens is 274 g/mol. The predicted octanol–water partition coefficient (Wildman–Crippen LogP) is 5.56. The van der Waals surface area contributed by atoms with Gasteiger partial charge >= 0.3 is 0 Å². The van der Waals surface area contributed by atoms with E-state index in [9.17, 15) is 8.78 Å². The van der Waals surface area contributed by atoms with E-state index >= 15 is 0 Å². The van der Waals surface area contributed by atoms with Gasteiger partial charge in [0.15, 0.2) is 17.3 Å². The monoisotopic (exact) mass is 290 g/mol. The molecule has 0 aliphatic heterocycles. The molecule has 0 unspecified atom stereocenters. The molecule has 0 aromatic heterocycles. The molecule has 0 saturated carbocycles. The van der Waals surface area contributed by atoms with Gasteiger partial charge in [0.2, 0.25) is 0 Å². The first kappa shape index (κ1) is 15.1. The molecule has 2 aromatic carbocycles. The molecular formula is C16H16F2N2O. The van der Waals surface area contributed by atoms with E-state index in [-0.39, 0.29) is 5.75 Å². The van der Waals surface area contributed by atoms with Crippen molar-refractivity contribution in [2.45, 2.75) is 19.8 Å². The minimum atomic E-state index is -0.791. The average Bonchev–Trinajstić information content (AvgIpc) is 2.48. The van der Waals surface area contributed by atoms with Crippen molar-refractivity contribution in [1.29, 1.82) is 0 Å². The standard InChI is InChI=1S/C16H16F2N2O/c1-2-3-9-21-13-10-14(17)16(15(18)11-13)20-19-12-7-5-4-6-8-12/h4-8,10-11H,2-3,9H2,1H3. The Kier molecular flexibility index (Phi) is 5.37. The number of nitrogens with zero attached hydrogens (tertiary/aromatic N) is 2. The smallest absolute Gasteiger partial charge is 0.157 e. The lowest BCUT2D eigenvalue weighted by Crippen LogP contribution is -1.97. The lowest BCUT2D eigenvalue weighted by molar-refractivity contribution is 0.306. The summed E-state index contributed by atoms with van der Waals surface area (Å²) in [4.78, 5) is 0. The van der Waals surface area contributed by atoms with E-state index in [1.165, 1.54) is 0 Å². The second-order valence-electron chi connectivity index (χ2n) is 4.47. The maximum Gasteiger partial charge on any atom is 0.157 e. The van der Waals surface area contributed by atoms with Crippen molar-refractivity contribution < 1.29 is 13.5 Å². The number of benzene rings is 2. The van der Waals surface area contributed by atoms with Gasteiger partial charge in [-0.05, 0) is 18.6 Å². The topological polar surface area (TPSA) is 34.0 Å². The summed E-state index contributed by atoms with van der Waals surface area (Å²) in [5.74, 6) is -1.42. The highest BCUT2D eigenvalue weighted by Gasteiger charge is 2.11. The molecule has 0 aliphatic carbocycles. The molecule has 0 radical (unpaired) electrons. The van der Waals surface area contributed by atoms with Crippen LogP contribution in [0.3, 0.4) is 0 Å². The summed E-state index contributed by atoms with van der Waals surface area (Å²) < 4.78 is 33.0. The third-order valence-corrected chi connectivity index (χ3v) is 2.78. The SMILES string of the molecule is CCCCOc1cc(F)c(N=Nc2ccccc2)c(F)c1. The quantitative estimate of drug-likeness (QED) is 0.506. The first-order valence-electron chi connectivity index (χ1n) is 6.79. The van der Waals surface area contributed by atoms with E-state index in [0.717, 1.165) is 25.0 Å². The van der Waals surface area contributed by atoms with Crippen LogP contribution in [0.15, 0.2) is 52.7 Å². The molecule has 0 heterocycles. The highest BCUT2D eigenvalue weighted by molar-refractivity contribution is 5.45. The summed E-state index contributed by atoms with van der Waals surface area (Å²) in [7, 11) is 0. The van der Waals surface area contributed by atoms with Crippen LogP contribution in [0.2, 0.25) is 0 Å². The largest absolute Gasteiger partial charge is 0.493 e. The summed E-state index contributed by atoms with van der Waals surface area (Å²) in [6.45, 7) is 2.44. The molecule has 0 atom stereocenters. The summed E-state index contributed by atoms with van der Waals surface area (Å²) in [6.07, 6.45) is 1.78. The highest BCUT2D eigenvalue weighted by atomic mass is 19.1. The molecule has 0 amide bonds. The van der Waals surface area contributed by atoms with E-state index < -0.39 is 17.3 Å². The lowest BCUT2D eigenvalue weighted by atomic mass is 10.2. The Bertz CT molecular complexity index is 592. The molecule has 0 spiro atoms. The Morgan fingerprint density at radius 2 is 1.67 bits per heavy atom. The molecule has 2 rings (SSSR count). The molecule has 5 heteroatoms. The van der Waals surface area contributed by atoms with E-state index in [4.69, 9.17) is 4.74 Å². The highest BCUT2D eigenvalue weighted by Crippen LogP contribution is 2.29. The Morgan fingerprint density at radius 1 is 1.00 bits per heavy atom. The molecule has 0 bridgehead atoms. The zero-order chi connectivity index (χ0) is 15.1. The summed E-state index contributed by atoms with van der Waals surface area (Å²) in [6, 6.07) is 11.0. The lowest BCUT2D eigenvalue weighted by Gasteiger charge is -2.06. The number of halogens is 2. The zero-order valence-electron chi connectivity index (χ0n) is 11.7. The Morgan fingerprint density at radius 3 is 2.29 bits per heavy atom.